The molecule has 1 amide bonds. The number of benzene rings is 2. The monoisotopic (exact) mass is 372 g/mol. The first-order chi connectivity index (χ1) is 12.0. The second-order valence-electron chi connectivity index (χ2n) is 5.64. The highest BCUT2D eigenvalue weighted by atomic mass is 32.2. The van der Waals surface area contributed by atoms with Crippen molar-refractivity contribution < 1.29 is 9.53 Å². The number of rotatable bonds is 6. The van der Waals surface area contributed by atoms with Gasteiger partial charge in [0.1, 0.15) is 5.75 Å². The molecule has 0 bridgehead atoms. The lowest BCUT2D eigenvalue weighted by atomic mass is 10.2. The third-order valence-electron chi connectivity index (χ3n) is 3.60. The number of fused-ring (bicyclic) bond motifs is 1. The van der Waals surface area contributed by atoms with Gasteiger partial charge >= 0.3 is 0 Å². The van der Waals surface area contributed by atoms with Gasteiger partial charge in [0.25, 0.3) is 0 Å². The van der Waals surface area contributed by atoms with Crippen molar-refractivity contribution in [2.24, 2.45) is 0 Å². The summed E-state index contributed by atoms with van der Waals surface area (Å²) in [6, 6.07) is 13.9. The van der Waals surface area contributed by atoms with Crippen molar-refractivity contribution in [1.82, 2.24) is 4.98 Å². The Labute approximate surface area is 155 Å². The van der Waals surface area contributed by atoms with Crippen molar-refractivity contribution >= 4 is 44.4 Å². The van der Waals surface area contributed by atoms with E-state index in [1.165, 1.54) is 16.9 Å². The fraction of sp³-hybridized carbons (Fsp3) is 0.263. The molecule has 6 heteroatoms. The summed E-state index contributed by atoms with van der Waals surface area (Å²) >= 11 is 3.00. The van der Waals surface area contributed by atoms with Gasteiger partial charge in [0.15, 0.2) is 5.13 Å². The second kappa shape index (κ2) is 7.89. The number of nitrogens with zero attached hydrogens (tertiary/aromatic N) is 1. The van der Waals surface area contributed by atoms with Crippen molar-refractivity contribution in [2.45, 2.75) is 30.9 Å². The highest BCUT2D eigenvalue weighted by molar-refractivity contribution is 8.00. The van der Waals surface area contributed by atoms with Gasteiger partial charge in [-0.25, -0.2) is 4.98 Å². The number of carbonyl (C=O) groups is 1. The van der Waals surface area contributed by atoms with E-state index in [4.69, 9.17) is 4.74 Å². The van der Waals surface area contributed by atoms with E-state index in [0.29, 0.717) is 11.7 Å². The summed E-state index contributed by atoms with van der Waals surface area (Å²) < 4.78 is 6.51. The maximum Gasteiger partial charge on any atom is 0.239 e. The Hall–Kier alpha value is -2.05. The Morgan fingerprint density at radius 1 is 1.28 bits per heavy atom. The third-order valence-corrected chi connectivity index (χ3v) is 5.65. The van der Waals surface area contributed by atoms with Gasteiger partial charge in [0, 0.05) is 4.90 Å². The molecular formula is C19H20N2O2S2. The number of nitrogens with one attached hydrogen (secondary N) is 1. The van der Waals surface area contributed by atoms with Gasteiger partial charge in [-0.2, -0.15) is 0 Å². The molecule has 1 unspecified atom stereocenters. The van der Waals surface area contributed by atoms with Crippen LogP contribution in [0.1, 0.15) is 19.4 Å². The number of hydrogen-bond donors (Lipinski definition) is 1. The molecular weight excluding hydrogens is 352 g/mol. The molecule has 0 radical (unpaired) electrons. The van der Waals surface area contributed by atoms with Crippen LogP contribution < -0.4 is 10.1 Å². The van der Waals surface area contributed by atoms with E-state index in [-0.39, 0.29) is 11.2 Å². The van der Waals surface area contributed by atoms with Crippen LogP contribution in [0.25, 0.3) is 10.2 Å². The maximum atomic E-state index is 12.4. The highest BCUT2D eigenvalue weighted by Crippen LogP contribution is 2.30. The Bertz CT molecular complexity index is 875. The van der Waals surface area contributed by atoms with Gasteiger partial charge in [-0.05, 0) is 51.1 Å². The molecule has 3 rings (SSSR count). The van der Waals surface area contributed by atoms with E-state index >= 15 is 0 Å². The number of thiazole rings is 1. The van der Waals surface area contributed by atoms with Crippen molar-refractivity contribution in [3.8, 4) is 5.75 Å². The lowest BCUT2D eigenvalue weighted by Gasteiger charge is -2.10. The van der Waals surface area contributed by atoms with Gasteiger partial charge in [-0.3, -0.25) is 4.79 Å². The predicted octanol–water partition coefficient (Wildman–Crippen LogP) is 5.12. The van der Waals surface area contributed by atoms with E-state index in [2.05, 4.69) is 29.4 Å². The van der Waals surface area contributed by atoms with Crippen LogP contribution in [0.5, 0.6) is 5.75 Å². The zero-order chi connectivity index (χ0) is 17.8. The zero-order valence-corrected chi connectivity index (χ0v) is 16.0. The summed E-state index contributed by atoms with van der Waals surface area (Å²) in [5.41, 5.74) is 2.07. The average Bonchev–Trinajstić information content (AvgIpc) is 2.98. The molecule has 0 saturated carbocycles. The van der Waals surface area contributed by atoms with Crippen LogP contribution in [0.3, 0.4) is 0 Å². The second-order valence-corrected chi connectivity index (χ2v) is 8.09. The van der Waals surface area contributed by atoms with Gasteiger partial charge in [-0.1, -0.05) is 29.0 Å². The van der Waals surface area contributed by atoms with Gasteiger partial charge < -0.3 is 10.1 Å². The van der Waals surface area contributed by atoms with E-state index < -0.39 is 0 Å². The van der Waals surface area contributed by atoms with Crippen molar-refractivity contribution in [3.05, 3.63) is 48.0 Å². The van der Waals surface area contributed by atoms with Crippen molar-refractivity contribution in [1.29, 1.82) is 0 Å². The molecule has 4 nitrogen and oxygen atoms in total. The molecule has 1 heterocycles. The smallest absolute Gasteiger partial charge is 0.239 e. The number of aromatic nitrogens is 1. The molecule has 0 aliphatic rings. The lowest BCUT2D eigenvalue weighted by molar-refractivity contribution is -0.115. The van der Waals surface area contributed by atoms with Crippen LogP contribution >= 0.6 is 23.1 Å². The van der Waals surface area contributed by atoms with Crippen molar-refractivity contribution in [2.75, 3.05) is 11.9 Å². The zero-order valence-electron chi connectivity index (χ0n) is 14.4. The lowest BCUT2D eigenvalue weighted by Crippen LogP contribution is -2.22. The molecule has 0 spiro atoms. The molecule has 2 aromatic carbocycles. The van der Waals surface area contributed by atoms with Crippen LogP contribution in [0.4, 0.5) is 5.13 Å². The minimum atomic E-state index is -0.200. The van der Waals surface area contributed by atoms with E-state index in [1.807, 2.05) is 44.2 Å². The standard InChI is InChI=1S/C19H20N2O2S2/c1-4-23-14-7-10-16-17(11-14)25-19(20-16)21-18(22)13(3)24-15-8-5-12(2)6-9-15/h5-11,13H,4H2,1-3H3,(H,20,21,22). The molecule has 25 heavy (non-hydrogen) atoms. The Kier molecular flexibility index (Phi) is 5.60. The van der Waals surface area contributed by atoms with E-state index in [0.717, 1.165) is 20.9 Å². The Morgan fingerprint density at radius 3 is 2.76 bits per heavy atom. The number of anilines is 1. The predicted molar refractivity (Wildman–Crippen MR) is 106 cm³/mol. The molecule has 0 saturated heterocycles. The number of hydrogen-bond acceptors (Lipinski definition) is 5. The summed E-state index contributed by atoms with van der Waals surface area (Å²) in [5, 5.41) is 3.34. The SMILES string of the molecule is CCOc1ccc2nc(NC(=O)C(C)Sc3ccc(C)cc3)sc2c1. The van der Waals surface area contributed by atoms with Crippen LogP contribution in [-0.4, -0.2) is 22.7 Å². The molecule has 3 aromatic rings. The van der Waals surface area contributed by atoms with E-state index in [1.54, 1.807) is 11.8 Å². The molecule has 0 aliphatic carbocycles. The molecule has 1 aromatic heterocycles. The molecule has 130 valence electrons. The molecule has 1 atom stereocenters. The van der Waals surface area contributed by atoms with E-state index in [9.17, 15) is 4.79 Å². The van der Waals surface area contributed by atoms with Gasteiger partial charge in [0.2, 0.25) is 5.91 Å². The van der Waals surface area contributed by atoms with Gasteiger partial charge in [0.05, 0.1) is 22.1 Å². The quantitative estimate of drug-likeness (QED) is 0.610. The summed E-state index contributed by atoms with van der Waals surface area (Å²) in [7, 11) is 0. The minimum Gasteiger partial charge on any atom is -0.494 e. The largest absolute Gasteiger partial charge is 0.494 e. The first-order valence-electron chi connectivity index (χ1n) is 8.12. The van der Waals surface area contributed by atoms with Crippen LogP contribution in [-0.2, 0) is 4.79 Å². The van der Waals surface area contributed by atoms with Crippen LogP contribution in [0, 0.1) is 6.92 Å². The summed E-state index contributed by atoms with van der Waals surface area (Å²) in [6.45, 7) is 6.53. The Balaban J connectivity index is 1.67. The minimum absolute atomic E-state index is 0.0466. The first kappa shape index (κ1) is 17.8. The fourth-order valence-corrected chi connectivity index (χ4v) is 4.06. The van der Waals surface area contributed by atoms with Crippen molar-refractivity contribution in [3.63, 3.8) is 0 Å². The topological polar surface area (TPSA) is 51.2 Å². The summed E-state index contributed by atoms with van der Waals surface area (Å²) in [6.07, 6.45) is 0. The summed E-state index contributed by atoms with van der Waals surface area (Å²) in [4.78, 5) is 18.0. The fourth-order valence-electron chi connectivity index (χ4n) is 2.30. The Morgan fingerprint density at radius 2 is 2.04 bits per heavy atom. The molecule has 0 fully saturated rings. The molecule has 0 aliphatic heterocycles. The van der Waals surface area contributed by atoms with Crippen LogP contribution in [0.15, 0.2) is 47.4 Å². The van der Waals surface area contributed by atoms with Gasteiger partial charge in [-0.15, -0.1) is 11.8 Å². The average molecular weight is 373 g/mol. The highest BCUT2D eigenvalue weighted by Gasteiger charge is 2.16. The number of thioether (sulfide) groups is 1. The first-order valence-corrected chi connectivity index (χ1v) is 9.82. The normalized spacial score (nSPS) is 12.1. The molecule has 1 N–H and O–H groups in total. The maximum absolute atomic E-state index is 12.4. The number of ether oxygens (including phenoxy) is 1. The number of amides is 1. The third kappa shape index (κ3) is 4.52. The summed E-state index contributed by atoms with van der Waals surface area (Å²) in [5.74, 6) is 0.773. The van der Waals surface area contributed by atoms with Crippen LogP contribution in [0.2, 0.25) is 0 Å². The number of aryl methyl sites for hydroxylation is 1. The number of carbonyl (C=O) groups excluding carboxylic acids is 1.